The summed E-state index contributed by atoms with van der Waals surface area (Å²) in [6.45, 7) is 10.5. The fourth-order valence-electron chi connectivity index (χ4n) is 6.23. The molecule has 288 valence electrons. The van der Waals surface area contributed by atoms with Crippen molar-refractivity contribution in [1.82, 2.24) is 36.9 Å². The predicted molar refractivity (Wildman–Crippen MR) is 197 cm³/mol. The third kappa shape index (κ3) is 12.0. The molecule has 10 N–H and O–H groups in total. The third-order valence-corrected chi connectivity index (χ3v) is 9.05. The molecule has 1 aromatic carbocycles. The monoisotopic (exact) mass is 726 g/mol. The summed E-state index contributed by atoms with van der Waals surface area (Å²) in [5, 5.41) is 27.3. The van der Waals surface area contributed by atoms with Crippen molar-refractivity contribution in [2.75, 3.05) is 13.2 Å². The quantitative estimate of drug-likeness (QED) is 0.139. The Bertz CT molecular complexity index is 1540. The van der Waals surface area contributed by atoms with E-state index >= 15 is 0 Å². The van der Waals surface area contributed by atoms with Crippen LogP contribution in [0.1, 0.15) is 79.2 Å². The molecule has 1 fully saturated rings. The number of carbonyl (C=O) groups excluding carboxylic acids is 6. The van der Waals surface area contributed by atoms with Crippen LogP contribution >= 0.6 is 0 Å². The molecule has 0 bridgehead atoms. The summed E-state index contributed by atoms with van der Waals surface area (Å²) in [7, 11) is 0. The number of para-hydroxylation sites is 1. The number of rotatable bonds is 12. The number of carbonyl (C=O) groups is 6. The molecule has 0 saturated carbocycles. The van der Waals surface area contributed by atoms with Crippen LogP contribution in [-0.2, 0) is 35.2 Å². The molecule has 0 unspecified atom stereocenters. The van der Waals surface area contributed by atoms with E-state index in [1.54, 1.807) is 20.0 Å². The Morgan fingerprint density at radius 1 is 0.635 bits per heavy atom. The van der Waals surface area contributed by atoms with E-state index in [1.807, 2.05) is 52.0 Å². The summed E-state index contributed by atoms with van der Waals surface area (Å²) in [6.07, 6.45) is 3.44. The van der Waals surface area contributed by atoms with Crippen LogP contribution in [0.4, 0.5) is 0 Å². The molecule has 0 spiro atoms. The predicted octanol–water partition coefficient (Wildman–Crippen LogP) is 0.502. The summed E-state index contributed by atoms with van der Waals surface area (Å²) in [4.78, 5) is 86.0. The maximum Gasteiger partial charge on any atom is 0.245 e. The van der Waals surface area contributed by atoms with Crippen LogP contribution in [0.3, 0.4) is 0 Å². The average Bonchev–Trinajstić information content (AvgIpc) is 3.49. The Morgan fingerprint density at radius 2 is 1.13 bits per heavy atom. The molecule has 1 aromatic heterocycles. The van der Waals surface area contributed by atoms with Gasteiger partial charge in [-0.25, -0.2) is 0 Å². The SMILES string of the molecule is CC(C)C[C@@H]1NC(=O)[C@H](Cc2c[nH]c3ccccc23)NC(=O)[C@@H](CCCCN)NC(=O)[C@H](CO)NC(=O)[C@H](C(C)C)NC(=O)[C@@H](CC(C)C)NC1=O. The number of unbranched alkanes of at least 4 members (excludes halogenated alkanes) is 1. The largest absolute Gasteiger partial charge is 0.394 e. The van der Waals surface area contributed by atoms with Crippen LogP contribution in [0.25, 0.3) is 10.9 Å². The van der Waals surface area contributed by atoms with Gasteiger partial charge in [-0.05, 0) is 68.0 Å². The van der Waals surface area contributed by atoms with Gasteiger partial charge in [0.1, 0.15) is 36.3 Å². The van der Waals surface area contributed by atoms with E-state index in [-0.39, 0.29) is 37.5 Å². The Labute approximate surface area is 305 Å². The molecule has 2 heterocycles. The van der Waals surface area contributed by atoms with Crippen molar-refractivity contribution in [2.24, 2.45) is 23.5 Å². The minimum Gasteiger partial charge on any atom is -0.394 e. The van der Waals surface area contributed by atoms with Gasteiger partial charge < -0.3 is 47.7 Å². The first-order chi connectivity index (χ1) is 24.6. The molecular weight excluding hydrogens is 668 g/mol. The van der Waals surface area contributed by atoms with Crippen molar-refractivity contribution in [3.63, 3.8) is 0 Å². The molecule has 15 nitrogen and oxygen atoms in total. The van der Waals surface area contributed by atoms with Gasteiger partial charge in [0.15, 0.2) is 0 Å². The maximum atomic E-state index is 14.2. The van der Waals surface area contributed by atoms with Crippen molar-refractivity contribution in [2.45, 2.75) is 116 Å². The number of nitrogens with two attached hydrogens (primary N) is 1. The first-order valence-electron chi connectivity index (χ1n) is 18.3. The number of hydrogen-bond acceptors (Lipinski definition) is 8. The smallest absolute Gasteiger partial charge is 0.245 e. The van der Waals surface area contributed by atoms with E-state index in [4.69, 9.17) is 5.73 Å². The number of H-pyrrole nitrogens is 1. The molecule has 2 aromatic rings. The van der Waals surface area contributed by atoms with Crippen LogP contribution in [0.2, 0.25) is 0 Å². The fraction of sp³-hybridized carbons (Fsp3) is 0.622. The first kappa shape index (κ1) is 41.9. The topological polar surface area (TPSA) is 237 Å². The molecule has 15 heteroatoms. The zero-order valence-electron chi connectivity index (χ0n) is 31.2. The van der Waals surface area contributed by atoms with E-state index in [0.29, 0.717) is 19.4 Å². The van der Waals surface area contributed by atoms with E-state index in [0.717, 1.165) is 16.5 Å². The van der Waals surface area contributed by atoms with Gasteiger partial charge in [-0.1, -0.05) is 59.7 Å². The molecule has 1 saturated heterocycles. The molecule has 6 atom stereocenters. The van der Waals surface area contributed by atoms with Crippen LogP contribution in [0, 0.1) is 17.8 Å². The highest BCUT2D eigenvalue weighted by atomic mass is 16.3. The number of amides is 6. The van der Waals surface area contributed by atoms with Gasteiger partial charge in [-0.2, -0.15) is 0 Å². The highest BCUT2D eigenvalue weighted by molar-refractivity contribution is 5.98. The molecular formula is C37H58N8O7. The molecule has 1 aliphatic rings. The number of fused-ring (bicyclic) bond motifs is 1. The second-order valence-corrected chi connectivity index (χ2v) is 14.8. The van der Waals surface area contributed by atoms with Crippen LogP contribution < -0.4 is 37.6 Å². The zero-order chi connectivity index (χ0) is 38.5. The van der Waals surface area contributed by atoms with Gasteiger partial charge in [-0.15, -0.1) is 0 Å². The lowest BCUT2D eigenvalue weighted by molar-refractivity contribution is -0.137. The number of benzene rings is 1. The highest BCUT2D eigenvalue weighted by Crippen LogP contribution is 2.20. The number of aromatic nitrogens is 1. The Hall–Kier alpha value is -4.50. The summed E-state index contributed by atoms with van der Waals surface area (Å²) in [5.41, 5.74) is 7.27. The van der Waals surface area contributed by atoms with Gasteiger partial charge in [0, 0.05) is 23.5 Å². The standard InChI is InChI=1S/C37H58N8O7/c1-20(2)15-27-33(48)42-28(16-21(3)4)35(50)45-31(22(5)6)37(52)44-30(19-46)36(51)40-26(13-9-10-14-38)32(47)43-29(34(49)41-27)17-23-18-39-25-12-8-7-11-24(23)25/h7-8,11-12,18,20-22,26-31,39,46H,9-10,13-17,19,38H2,1-6H3,(H,40,51)(H,41,49)(H,42,48)(H,43,47)(H,44,52)(H,45,50)/t26-,27+,28-,29+,30+,31+/m1/s1. The van der Waals surface area contributed by atoms with Crippen molar-refractivity contribution in [1.29, 1.82) is 0 Å². The van der Waals surface area contributed by atoms with Gasteiger partial charge in [0.25, 0.3) is 0 Å². The third-order valence-electron chi connectivity index (χ3n) is 9.05. The highest BCUT2D eigenvalue weighted by Gasteiger charge is 2.36. The second kappa shape index (κ2) is 19.9. The van der Waals surface area contributed by atoms with E-state index < -0.39 is 84.2 Å². The minimum absolute atomic E-state index is 0.0330. The normalized spacial score (nSPS) is 24.5. The lowest BCUT2D eigenvalue weighted by Gasteiger charge is -2.30. The second-order valence-electron chi connectivity index (χ2n) is 14.8. The van der Waals surface area contributed by atoms with Crippen molar-refractivity contribution < 1.29 is 33.9 Å². The number of nitrogens with one attached hydrogen (secondary N) is 7. The van der Waals surface area contributed by atoms with Gasteiger partial charge in [-0.3, -0.25) is 28.8 Å². The number of aromatic amines is 1. The summed E-state index contributed by atoms with van der Waals surface area (Å²) in [5.74, 6) is -4.54. The van der Waals surface area contributed by atoms with Crippen molar-refractivity contribution >= 4 is 46.3 Å². The molecule has 52 heavy (non-hydrogen) atoms. The summed E-state index contributed by atoms with van der Waals surface area (Å²) < 4.78 is 0. The molecule has 1 aliphatic heterocycles. The lowest BCUT2D eigenvalue weighted by Crippen LogP contribution is -2.62. The van der Waals surface area contributed by atoms with Gasteiger partial charge in [0.2, 0.25) is 35.4 Å². The van der Waals surface area contributed by atoms with Crippen LogP contribution in [0.5, 0.6) is 0 Å². The summed E-state index contributed by atoms with van der Waals surface area (Å²) in [6, 6.07) is 0.461. The van der Waals surface area contributed by atoms with Gasteiger partial charge in [0.05, 0.1) is 6.61 Å². The van der Waals surface area contributed by atoms with E-state index in [2.05, 4.69) is 36.9 Å². The van der Waals surface area contributed by atoms with E-state index in [9.17, 15) is 33.9 Å². The molecule has 3 rings (SSSR count). The molecule has 6 amide bonds. The first-order valence-corrected chi connectivity index (χ1v) is 18.3. The Morgan fingerprint density at radius 3 is 1.71 bits per heavy atom. The summed E-state index contributed by atoms with van der Waals surface area (Å²) >= 11 is 0. The Kier molecular flexibility index (Phi) is 16.1. The maximum absolute atomic E-state index is 14.2. The zero-order valence-corrected chi connectivity index (χ0v) is 31.2. The number of hydrogen-bond donors (Lipinski definition) is 9. The van der Waals surface area contributed by atoms with Crippen LogP contribution in [0.15, 0.2) is 30.5 Å². The van der Waals surface area contributed by atoms with Gasteiger partial charge >= 0.3 is 0 Å². The molecule has 0 radical (unpaired) electrons. The average molecular weight is 727 g/mol. The number of aliphatic hydroxyl groups is 1. The van der Waals surface area contributed by atoms with Crippen molar-refractivity contribution in [3.05, 3.63) is 36.0 Å². The van der Waals surface area contributed by atoms with Crippen molar-refractivity contribution in [3.8, 4) is 0 Å². The fourth-order valence-corrected chi connectivity index (χ4v) is 6.23. The Balaban J connectivity index is 2.11. The van der Waals surface area contributed by atoms with Crippen LogP contribution in [-0.4, -0.2) is 94.9 Å². The molecule has 0 aliphatic carbocycles. The number of aliphatic hydroxyl groups excluding tert-OH is 1. The van der Waals surface area contributed by atoms with E-state index in [1.165, 1.54) is 0 Å². The minimum atomic E-state index is -1.46. The lowest BCUT2D eigenvalue weighted by atomic mass is 9.97.